The molecular formula is C15H22N2O. The fraction of sp³-hybridized carbons (Fsp3) is 0.533. The second kappa shape index (κ2) is 6.55. The van der Waals surface area contributed by atoms with Gasteiger partial charge < -0.3 is 10.6 Å². The highest BCUT2D eigenvalue weighted by atomic mass is 16.1. The molecule has 0 radical (unpaired) electrons. The third-order valence-corrected chi connectivity index (χ3v) is 3.23. The van der Waals surface area contributed by atoms with Crippen LogP contribution in [0.4, 0.5) is 0 Å². The summed E-state index contributed by atoms with van der Waals surface area (Å²) in [5.74, 6) is 0.924. The first kappa shape index (κ1) is 13.1. The summed E-state index contributed by atoms with van der Waals surface area (Å²) < 4.78 is 0. The molecule has 3 heteroatoms. The highest BCUT2D eigenvalue weighted by Gasteiger charge is 2.20. The maximum Gasteiger partial charge on any atom is 0.233 e. The van der Waals surface area contributed by atoms with Crippen molar-refractivity contribution in [2.24, 2.45) is 5.92 Å². The van der Waals surface area contributed by atoms with Gasteiger partial charge in [0.25, 0.3) is 0 Å². The van der Waals surface area contributed by atoms with Gasteiger partial charge in [-0.1, -0.05) is 29.8 Å². The Balaban J connectivity index is 1.57. The van der Waals surface area contributed by atoms with Crippen LogP contribution in [-0.2, 0) is 11.2 Å². The molecule has 2 rings (SSSR count). The number of hydrogen-bond donors (Lipinski definition) is 2. The molecule has 0 spiro atoms. The van der Waals surface area contributed by atoms with Crippen LogP contribution >= 0.6 is 0 Å². The number of amides is 1. The van der Waals surface area contributed by atoms with Crippen LogP contribution in [0.25, 0.3) is 0 Å². The first-order valence-corrected chi connectivity index (χ1v) is 6.77. The van der Waals surface area contributed by atoms with Gasteiger partial charge in [0, 0.05) is 6.54 Å². The van der Waals surface area contributed by atoms with E-state index in [0.717, 1.165) is 18.9 Å². The fourth-order valence-electron chi connectivity index (χ4n) is 1.99. The second-order valence-corrected chi connectivity index (χ2v) is 5.16. The molecular weight excluding hydrogens is 224 g/mol. The Kier molecular flexibility index (Phi) is 4.76. The summed E-state index contributed by atoms with van der Waals surface area (Å²) in [5, 5.41) is 6.14. The average molecular weight is 246 g/mol. The predicted octanol–water partition coefficient (Wildman–Crippen LogP) is 1.65. The third-order valence-electron chi connectivity index (χ3n) is 3.23. The minimum atomic E-state index is 0.100. The van der Waals surface area contributed by atoms with Crippen LogP contribution in [0.2, 0.25) is 0 Å². The van der Waals surface area contributed by atoms with E-state index in [2.05, 4.69) is 41.8 Å². The van der Waals surface area contributed by atoms with Crippen molar-refractivity contribution in [3.05, 3.63) is 35.4 Å². The van der Waals surface area contributed by atoms with Crippen molar-refractivity contribution in [3.63, 3.8) is 0 Å². The zero-order valence-electron chi connectivity index (χ0n) is 11.0. The fourth-order valence-corrected chi connectivity index (χ4v) is 1.99. The van der Waals surface area contributed by atoms with Gasteiger partial charge in [0.15, 0.2) is 0 Å². The zero-order chi connectivity index (χ0) is 12.8. The van der Waals surface area contributed by atoms with E-state index < -0.39 is 0 Å². The maximum absolute atomic E-state index is 11.5. The van der Waals surface area contributed by atoms with Gasteiger partial charge in [0.1, 0.15) is 0 Å². The molecule has 0 heterocycles. The smallest absolute Gasteiger partial charge is 0.233 e. The van der Waals surface area contributed by atoms with Gasteiger partial charge in [0.2, 0.25) is 5.91 Å². The Morgan fingerprint density at radius 1 is 1.39 bits per heavy atom. The van der Waals surface area contributed by atoms with Crippen LogP contribution in [0.1, 0.15) is 24.0 Å². The van der Waals surface area contributed by atoms with E-state index in [0.29, 0.717) is 13.1 Å². The number of carbonyl (C=O) groups is 1. The molecule has 18 heavy (non-hydrogen) atoms. The molecule has 0 unspecified atom stereocenters. The molecule has 0 bridgehead atoms. The van der Waals surface area contributed by atoms with Gasteiger partial charge in [0.05, 0.1) is 6.54 Å². The zero-order valence-corrected chi connectivity index (χ0v) is 11.0. The van der Waals surface area contributed by atoms with Gasteiger partial charge in [-0.2, -0.15) is 0 Å². The topological polar surface area (TPSA) is 41.1 Å². The number of hydrogen-bond acceptors (Lipinski definition) is 2. The van der Waals surface area contributed by atoms with Crippen LogP contribution in [0.15, 0.2) is 24.3 Å². The summed E-state index contributed by atoms with van der Waals surface area (Å²) in [7, 11) is 0. The lowest BCUT2D eigenvalue weighted by Crippen LogP contribution is -2.35. The average Bonchev–Trinajstić information content (AvgIpc) is 3.13. The molecule has 1 amide bonds. The first-order chi connectivity index (χ1) is 8.74. The van der Waals surface area contributed by atoms with Gasteiger partial charge >= 0.3 is 0 Å². The molecule has 1 aliphatic rings. The van der Waals surface area contributed by atoms with E-state index in [-0.39, 0.29) is 5.91 Å². The number of aryl methyl sites for hydroxylation is 1. The molecule has 1 aromatic carbocycles. The Bertz CT molecular complexity index is 399. The first-order valence-electron chi connectivity index (χ1n) is 6.77. The Labute approximate surface area is 109 Å². The Hall–Kier alpha value is -1.35. The molecule has 0 aromatic heterocycles. The standard InChI is InChI=1S/C15H22N2O/c1-12-3-2-4-13(9-12)7-8-17-15(18)11-16-10-14-5-6-14/h2-4,9,14,16H,5-8,10-11H2,1H3,(H,17,18). The number of benzene rings is 1. The molecule has 2 N–H and O–H groups in total. The summed E-state index contributed by atoms with van der Waals surface area (Å²) in [5.41, 5.74) is 2.55. The third kappa shape index (κ3) is 4.88. The summed E-state index contributed by atoms with van der Waals surface area (Å²) in [6, 6.07) is 8.41. The van der Waals surface area contributed by atoms with Crippen molar-refractivity contribution in [2.45, 2.75) is 26.2 Å². The normalized spacial score (nSPS) is 14.5. The van der Waals surface area contributed by atoms with Crippen LogP contribution in [0, 0.1) is 12.8 Å². The highest BCUT2D eigenvalue weighted by molar-refractivity contribution is 5.77. The molecule has 0 atom stereocenters. The van der Waals surface area contributed by atoms with Crippen molar-refractivity contribution in [2.75, 3.05) is 19.6 Å². The van der Waals surface area contributed by atoms with E-state index >= 15 is 0 Å². The van der Waals surface area contributed by atoms with Crippen LogP contribution in [0.3, 0.4) is 0 Å². The quantitative estimate of drug-likeness (QED) is 0.768. The minimum Gasteiger partial charge on any atom is -0.355 e. The van der Waals surface area contributed by atoms with E-state index in [1.807, 2.05) is 0 Å². The van der Waals surface area contributed by atoms with Gasteiger partial charge in [-0.05, 0) is 44.2 Å². The molecule has 0 saturated heterocycles. The van der Waals surface area contributed by atoms with Crippen LogP contribution in [0.5, 0.6) is 0 Å². The highest BCUT2D eigenvalue weighted by Crippen LogP contribution is 2.27. The molecule has 1 aromatic rings. The molecule has 3 nitrogen and oxygen atoms in total. The summed E-state index contributed by atoms with van der Waals surface area (Å²) in [6.07, 6.45) is 3.54. The van der Waals surface area contributed by atoms with E-state index in [9.17, 15) is 4.79 Å². The maximum atomic E-state index is 11.5. The summed E-state index contributed by atoms with van der Waals surface area (Å²) >= 11 is 0. The van der Waals surface area contributed by atoms with E-state index in [1.165, 1.54) is 24.0 Å². The molecule has 1 fully saturated rings. The Morgan fingerprint density at radius 2 is 2.22 bits per heavy atom. The molecule has 98 valence electrons. The van der Waals surface area contributed by atoms with Crippen molar-refractivity contribution in [1.29, 1.82) is 0 Å². The monoisotopic (exact) mass is 246 g/mol. The van der Waals surface area contributed by atoms with Crippen molar-refractivity contribution >= 4 is 5.91 Å². The van der Waals surface area contributed by atoms with E-state index in [4.69, 9.17) is 0 Å². The summed E-state index contributed by atoms with van der Waals surface area (Å²) in [4.78, 5) is 11.5. The lowest BCUT2D eigenvalue weighted by atomic mass is 10.1. The number of nitrogens with one attached hydrogen (secondary N) is 2. The predicted molar refractivity (Wildman–Crippen MR) is 73.5 cm³/mol. The minimum absolute atomic E-state index is 0.100. The second-order valence-electron chi connectivity index (χ2n) is 5.16. The Morgan fingerprint density at radius 3 is 2.94 bits per heavy atom. The van der Waals surface area contributed by atoms with Crippen molar-refractivity contribution in [1.82, 2.24) is 10.6 Å². The summed E-state index contributed by atoms with van der Waals surface area (Å²) in [6.45, 7) is 4.24. The van der Waals surface area contributed by atoms with Crippen molar-refractivity contribution < 1.29 is 4.79 Å². The van der Waals surface area contributed by atoms with Crippen molar-refractivity contribution in [3.8, 4) is 0 Å². The molecule has 1 saturated carbocycles. The molecule has 1 aliphatic carbocycles. The van der Waals surface area contributed by atoms with Gasteiger partial charge in [-0.15, -0.1) is 0 Å². The SMILES string of the molecule is Cc1cccc(CCNC(=O)CNCC2CC2)c1. The van der Waals surface area contributed by atoms with Gasteiger partial charge in [-0.3, -0.25) is 4.79 Å². The van der Waals surface area contributed by atoms with Gasteiger partial charge in [-0.25, -0.2) is 0 Å². The van der Waals surface area contributed by atoms with E-state index in [1.54, 1.807) is 0 Å². The van der Waals surface area contributed by atoms with Crippen LogP contribution in [-0.4, -0.2) is 25.5 Å². The number of rotatable bonds is 7. The largest absolute Gasteiger partial charge is 0.355 e. The lowest BCUT2D eigenvalue weighted by Gasteiger charge is -2.07. The molecule has 0 aliphatic heterocycles. The van der Waals surface area contributed by atoms with Crippen LogP contribution < -0.4 is 10.6 Å². The number of carbonyl (C=O) groups excluding carboxylic acids is 1. The lowest BCUT2D eigenvalue weighted by molar-refractivity contribution is -0.120.